The molecule has 0 aliphatic carbocycles. The Balaban J connectivity index is 2.08. The van der Waals surface area contributed by atoms with Gasteiger partial charge >= 0.3 is 5.97 Å². The molecule has 2 amide bonds. The van der Waals surface area contributed by atoms with E-state index < -0.39 is 41.0 Å². The van der Waals surface area contributed by atoms with Crippen LogP contribution in [0.1, 0.15) is 29.6 Å². The van der Waals surface area contributed by atoms with Crippen LogP contribution in [-0.2, 0) is 9.59 Å². The van der Waals surface area contributed by atoms with Gasteiger partial charge in [0.1, 0.15) is 11.6 Å². The molecule has 1 aromatic carbocycles. The van der Waals surface area contributed by atoms with Crippen molar-refractivity contribution < 1.29 is 24.4 Å². The van der Waals surface area contributed by atoms with E-state index in [1.807, 2.05) is 0 Å². The number of nitrogens with zero attached hydrogens (tertiary/aromatic N) is 2. The fourth-order valence-electron chi connectivity index (χ4n) is 2.72. The first-order valence-electron chi connectivity index (χ1n) is 7.56. The predicted octanol–water partition coefficient (Wildman–Crippen LogP) is 1.44. The lowest BCUT2D eigenvalue weighted by Crippen LogP contribution is -2.51. The van der Waals surface area contributed by atoms with Crippen molar-refractivity contribution in [1.82, 2.24) is 10.2 Å². The molecule has 1 saturated heterocycles. The van der Waals surface area contributed by atoms with Crippen molar-refractivity contribution in [3.63, 3.8) is 0 Å². The molecule has 1 aliphatic heterocycles. The molecule has 0 spiro atoms. The molecule has 25 heavy (non-hydrogen) atoms. The molecule has 134 valence electrons. The third-order valence-corrected chi connectivity index (χ3v) is 4.24. The summed E-state index contributed by atoms with van der Waals surface area (Å²) in [5.74, 6) is -2.52. The number of rotatable bonds is 5. The summed E-state index contributed by atoms with van der Waals surface area (Å²) in [6, 6.07) is 2.88. The van der Waals surface area contributed by atoms with Gasteiger partial charge in [0.25, 0.3) is 11.6 Å². The summed E-state index contributed by atoms with van der Waals surface area (Å²) in [4.78, 5) is 47.1. The minimum atomic E-state index is -1.10. The van der Waals surface area contributed by atoms with E-state index in [4.69, 9.17) is 11.6 Å². The molecular formula is C15H16ClN3O6. The Kier molecular flexibility index (Phi) is 5.92. The van der Waals surface area contributed by atoms with Crippen molar-refractivity contribution in [2.75, 3.05) is 13.1 Å². The molecule has 1 fully saturated rings. The fraction of sp³-hybridized carbons (Fsp3) is 0.400. The van der Waals surface area contributed by atoms with Gasteiger partial charge in [0.05, 0.1) is 16.5 Å². The number of piperidine rings is 1. The van der Waals surface area contributed by atoms with Crippen molar-refractivity contribution in [3.8, 4) is 0 Å². The second kappa shape index (κ2) is 7.93. The van der Waals surface area contributed by atoms with Crippen molar-refractivity contribution in [2.45, 2.75) is 25.3 Å². The largest absolute Gasteiger partial charge is 0.480 e. The maximum Gasteiger partial charge on any atom is 0.326 e. The number of carbonyl (C=O) groups is 3. The molecule has 2 N–H and O–H groups in total. The molecule has 0 unspecified atom stereocenters. The van der Waals surface area contributed by atoms with Crippen molar-refractivity contribution in [1.29, 1.82) is 0 Å². The normalized spacial score (nSPS) is 17.0. The van der Waals surface area contributed by atoms with E-state index in [2.05, 4.69) is 5.32 Å². The standard InChI is InChI=1S/C15H16ClN3O6/c16-9-4-3-6-10(19(24)25)13(9)14(21)17-8-12(20)18-7-2-1-5-11(18)15(22)23/h3-4,6,11H,1-2,5,7-8H2,(H,17,21)(H,22,23)/t11-/m1/s1. The van der Waals surface area contributed by atoms with Gasteiger partial charge in [-0.25, -0.2) is 4.79 Å². The smallest absolute Gasteiger partial charge is 0.326 e. The summed E-state index contributed by atoms with van der Waals surface area (Å²) < 4.78 is 0. The molecule has 0 radical (unpaired) electrons. The van der Waals surface area contributed by atoms with Crippen LogP contribution in [0.15, 0.2) is 18.2 Å². The molecule has 0 bridgehead atoms. The first-order chi connectivity index (χ1) is 11.8. The molecule has 9 nitrogen and oxygen atoms in total. The van der Waals surface area contributed by atoms with Crippen LogP contribution in [0.25, 0.3) is 0 Å². The maximum absolute atomic E-state index is 12.2. The highest BCUT2D eigenvalue weighted by Crippen LogP contribution is 2.26. The highest BCUT2D eigenvalue weighted by Gasteiger charge is 2.32. The Morgan fingerprint density at radius 2 is 2.08 bits per heavy atom. The number of amides is 2. The van der Waals surface area contributed by atoms with Gasteiger partial charge in [0.15, 0.2) is 0 Å². The van der Waals surface area contributed by atoms with E-state index in [0.717, 1.165) is 6.07 Å². The molecule has 1 aliphatic rings. The zero-order valence-electron chi connectivity index (χ0n) is 13.1. The Hall–Kier alpha value is -2.68. The number of benzene rings is 1. The van der Waals surface area contributed by atoms with Crippen LogP contribution >= 0.6 is 11.6 Å². The quantitative estimate of drug-likeness (QED) is 0.596. The Morgan fingerprint density at radius 1 is 1.36 bits per heavy atom. The Bertz CT molecular complexity index is 723. The predicted molar refractivity (Wildman–Crippen MR) is 87.4 cm³/mol. The number of nitro benzene ring substituents is 1. The lowest BCUT2D eigenvalue weighted by Gasteiger charge is -2.33. The van der Waals surface area contributed by atoms with Crippen LogP contribution in [0.4, 0.5) is 5.69 Å². The van der Waals surface area contributed by atoms with Crippen LogP contribution in [-0.4, -0.2) is 51.8 Å². The zero-order chi connectivity index (χ0) is 18.6. The molecule has 1 aromatic rings. The summed E-state index contributed by atoms with van der Waals surface area (Å²) in [5, 5.41) is 22.4. The topological polar surface area (TPSA) is 130 Å². The van der Waals surface area contributed by atoms with Crippen LogP contribution in [0.5, 0.6) is 0 Å². The van der Waals surface area contributed by atoms with Gasteiger partial charge < -0.3 is 15.3 Å². The molecular weight excluding hydrogens is 354 g/mol. The van der Waals surface area contributed by atoms with Gasteiger partial charge in [-0.1, -0.05) is 17.7 Å². The number of hydrogen-bond donors (Lipinski definition) is 2. The summed E-state index contributed by atoms with van der Waals surface area (Å²) in [6.45, 7) is -0.178. The number of carboxylic acids is 1. The van der Waals surface area contributed by atoms with E-state index in [-0.39, 0.29) is 17.1 Å². The second-order valence-corrected chi connectivity index (χ2v) is 5.92. The van der Waals surface area contributed by atoms with Gasteiger partial charge in [0.2, 0.25) is 5.91 Å². The van der Waals surface area contributed by atoms with E-state index in [0.29, 0.717) is 19.3 Å². The third kappa shape index (κ3) is 4.24. The monoisotopic (exact) mass is 369 g/mol. The molecule has 1 atom stereocenters. The molecule has 0 aromatic heterocycles. The molecule has 10 heteroatoms. The number of carboxylic acid groups (broad SMARTS) is 1. The number of likely N-dealkylation sites (tertiary alicyclic amines) is 1. The van der Waals surface area contributed by atoms with Crippen molar-refractivity contribution >= 4 is 35.1 Å². The zero-order valence-corrected chi connectivity index (χ0v) is 13.9. The number of nitrogens with one attached hydrogen (secondary N) is 1. The van der Waals surface area contributed by atoms with Crippen molar-refractivity contribution in [2.24, 2.45) is 0 Å². The Labute approximate surface area is 147 Å². The Morgan fingerprint density at radius 3 is 2.72 bits per heavy atom. The first kappa shape index (κ1) is 18.7. The lowest BCUT2D eigenvalue weighted by molar-refractivity contribution is -0.385. The SMILES string of the molecule is O=C(NCC(=O)N1CCCC[C@@H]1C(=O)O)c1c(Cl)cccc1[N+](=O)[O-]. The van der Waals surface area contributed by atoms with Crippen LogP contribution in [0.3, 0.4) is 0 Å². The number of hydrogen-bond acceptors (Lipinski definition) is 5. The lowest BCUT2D eigenvalue weighted by atomic mass is 10.0. The summed E-state index contributed by atoms with van der Waals surface area (Å²) in [7, 11) is 0. The summed E-state index contributed by atoms with van der Waals surface area (Å²) in [6.07, 6.45) is 1.74. The maximum atomic E-state index is 12.2. The summed E-state index contributed by atoms with van der Waals surface area (Å²) in [5.41, 5.74) is -0.811. The van der Waals surface area contributed by atoms with Crippen LogP contribution in [0.2, 0.25) is 5.02 Å². The van der Waals surface area contributed by atoms with Gasteiger partial charge in [-0.15, -0.1) is 0 Å². The highest BCUT2D eigenvalue weighted by atomic mass is 35.5. The van der Waals surface area contributed by atoms with Crippen LogP contribution < -0.4 is 5.32 Å². The van der Waals surface area contributed by atoms with Crippen molar-refractivity contribution in [3.05, 3.63) is 38.9 Å². The van der Waals surface area contributed by atoms with Gasteiger partial charge in [-0.2, -0.15) is 0 Å². The van der Waals surface area contributed by atoms with E-state index >= 15 is 0 Å². The summed E-state index contributed by atoms with van der Waals surface area (Å²) >= 11 is 5.86. The minimum absolute atomic E-state index is 0.111. The molecule has 2 rings (SSSR count). The number of halogens is 1. The van der Waals surface area contributed by atoms with E-state index in [1.165, 1.54) is 17.0 Å². The fourth-order valence-corrected chi connectivity index (χ4v) is 2.98. The third-order valence-electron chi connectivity index (χ3n) is 3.92. The first-order valence-corrected chi connectivity index (χ1v) is 7.94. The second-order valence-electron chi connectivity index (χ2n) is 5.51. The average Bonchev–Trinajstić information content (AvgIpc) is 2.58. The average molecular weight is 370 g/mol. The molecule has 0 saturated carbocycles. The minimum Gasteiger partial charge on any atom is -0.480 e. The van der Waals surface area contributed by atoms with Gasteiger partial charge in [-0.3, -0.25) is 19.7 Å². The van der Waals surface area contributed by atoms with Gasteiger partial charge in [0, 0.05) is 12.6 Å². The van der Waals surface area contributed by atoms with E-state index in [1.54, 1.807) is 0 Å². The number of aliphatic carboxylic acids is 1. The van der Waals surface area contributed by atoms with Gasteiger partial charge in [-0.05, 0) is 25.3 Å². The van der Waals surface area contributed by atoms with E-state index in [9.17, 15) is 29.6 Å². The highest BCUT2D eigenvalue weighted by molar-refractivity contribution is 6.34. The number of carbonyl (C=O) groups excluding carboxylic acids is 2. The van der Waals surface area contributed by atoms with Crippen LogP contribution in [0, 0.1) is 10.1 Å². The molecule has 1 heterocycles. The number of nitro groups is 1.